The van der Waals surface area contributed by atoms with Crippen molar-refractivity contribution >= 4 is 0 Å². The van der Waals surface area contributed by atoms with Crippen molar-refractivity contribution in [2.24, 2.45) is 0 Å². The maximum Gasteiger partial charge on any atom is 0.119 e. The normalized spacial score (nSPS) is 17.2. The maximum atomic E-state index is 10.2. The SMILES string of the molecule is Cc1cccc(OCC(O)CNC2CCN(Cc3ccccc3)CC2)c1. The van der Waals surface area contributed by atoms with E-state index in [1.54, 1.807) is 0 Å². The van der Waals surface area contributed by atoms with Crippen molar-refractivity contribution in [1.29, 1.82) is 0 Å². The van der Waals surface area contributed by atoms with Crippen LogP contribution < -0.4 is 10.1 Å². The molecule has 3 rings (SSSR count). The molecule has 4 nitrogen and oxygen atoms in total. The lowest BCUT2D eigenvalue weighted by Gasteiger charge is -2.33. The van der Waals surface area contributed by atoms with Gasteiger partial charge in [-0.15, -0.1) is 0 Å². The number of hydrogen-bond donors (Lipinski definition) is 2. The molecule has 0 aliphatic carbocycles. The van der Waals surface area contributed by atoms with Gasteiger partial charge in [-0.1, -0.05) is 42.5 Å². The Labute approximate surface area is 156 Å². The number of ether oxygens (including phenoxy) is 1. The fraction of sp³-hybridized carbons (Fsp3) is 0.455. The zero-order valence-electron chi connectivity index (χ0n) is 15.6. The van der Waals surface area contributed by atoms with Crippen molar-refractivity contribution in [3.05, 3.63) is 65.7 Å². The Kier molecular flexibility index (Phi) is 7.06. The standard InChI is InChI=1S/C22H30N2O2/c1-18-6-5-9-22(14-18)26-17-21(25)15-23-20-10-12-24(13-11-20)16-19-7-3-2-4-8-19/h2-9,14,20-21,23,25H,10-13,15-17H2,1H3. The molecule has 1 atom stereocenters. The minimum Gasteiger partial charge on any atom is -0.491 e. The van der Waals surface area contributed by atoms with Crippen LogP contribution in [0.1, 0.15) is 24.0 Å². The second-order valence-corrected chi connectivity index (χ2v) is 7.23. The predicted molar refractivity (Wildman–Crippen MR) is 105 cm³/mol. The monoisotopic (exact) mass is 354 g/mol. The minimum absolute atomic E-state index is 0.323. The third-order valence-electron chi connectivity index (χ3n) is 4.91. The highest BCUT2D eigenvalue weighted by Crippen LogP contribution is 2.14. The molecule has 1 aliphatic rings. The van der Waals surface area contributed by atoms with Crippen LogP contribution in [-0.4, -0.2) is 48.4 Å². The molecule has 0 spiro atoms. The molecule has 0 radical (unpaired) electrons. The molecular formula is C22H30N2O2. The highest BCUT2D eigenvalue weighted by Gasteiger charge is 2.19. The molecule has 1 fully saturated rings. The van der Waals surface area contributed by atoms with Gasteiger partial charge in [0.1, 0.15) is 18.5 Å². The summed E-state index contributed by atoms with van der Waals surface area (Å²) in [5.41, 5.74) is 2.54. The zero-order chi connectivity index (χ0) is 18.2. The van der Waals surface area contributed by atoms with E-state index in [9.17, 15) is 5.11 Å². The Bertz CT molecular complexity index is 654. The first-order valence-corrected chi connectivity index (χ1v) is 9.56. The van der Waals surface area contributed by atoms with E-state index in [0.29, 0.717) is 19.2 Å². The van der Waals surface area contributed by atoms with Gasteiger partial charge in [0.05, 0.1) is 0 Å². The fourth-order valence-electron chi connectivity index (χ4n) is 3.40. The zero-order valence-corrected chi connectivity index (χ0v) is 15.6. The van der Waals surface area contributed by atoms with Crippen molar-refractivity contribution in [3.63, 3.8) is 0 Å². The summed E-state index contributed by atoms with van der Waals surface area (Å²) in [6.07, 6.45) is 1.76. The van der Waals surface area contributed by atoms with Gasteiger partial charge in [0.25, 0.3) is 0 Å². The number of likely N-dealkylation sites (tertiary alicyclic amines) is 1. The summed E-state index contributed by atoms with van der Waals surface area (Å²) >= 11 is 0. The van der Waals surface area contributed by atoms with Crippen molar-refractivity contribution in [2.75, 3.05) is 26.2 Å². The highest BCUT2D eigenvalue weighted by atomic mass is 16.5. The van der Waals surface area contributed by atoms with Crippen molar-refractivity contribution in [2.45, 2.75) is 38.5 Å². The summed E-state index contributed by atoms with van der Waals surface area (Å²) in [6.45, 7) is 6.17. The van der Waals surface area contributed by atoms with Gasteiger partial charge >= 0.3 is 0 Å². The quantitative estimate of drug-likeness (QED) is 0.765. The van der Waals surface area contributed by atoms with Gasteiger partial charge in [-0.05, 0) is 56.1 Å². The molecule has 1 saturated heterocycles. The molecule has 140 valence electrons. The molecule has 0 bridgehead atoms. The summed E-state index contributed by atoms with van der Waals surface area (Å²) in [4.78, 5) is 2.50. The molecule has 0 amide bonds. The van der Waals surface area contributed by atoms with E-state index in [1.165, 1.54) is 5.56 Å². The second kappa shape index (κ2) is 9.72. The van der Waals surface area contributed by atoms with Crippen LogP contribution in [0.2, 0.25) is 0 Å². The molecule has 1 unspecified atom stereocenters. The van der Waals surface area contributed by atoms with Crippen LogP contribution in [0.4, 0.5) is 0 Å². The van der Waals surface area contributed by atoms with E-state index < -0.39 is 6.10 Å². The van der Waals surface area contributed by atoms with E-state index in [0.717, 1.165) is 43.8 Å². The smallest absolute Gasteiger partial charge is 0.119 e. The number of nitrogens with zero attached hydrogens (tertiary/aromatic N) is 1. The largest absolute Gasteiger partial charge is 0.491 e. The van der Waals surface area contributed by atoms with E-state index in [-0.39, 0.29) is 0 Å². The lowest BCUT2D eigenvalue weighted by molar-refractivity contribution is 0.0979. The van der Waals surface area contributed by atoms with Crippen LogP contribution in [-0.2, 0) is 6.54 Å². The Hall–Kier alpha value is -1.88. The van der Waals surface area contributed by atoms with Crippen LogP contribution in [0.15, 0.2) is 54.6 Å². The molecule has 0 aromatic heterocycles. The van der Waals surface area contributed by atoms with Crippen LogP contribution in [0.25, 0.3) is 0 Å². The summed E-state index contributed by atoms with van der Waals surface area (Å²) in [5.74, 6) is 0.818. The number of nitrogens with one attached hydrogen (secondary N) is 1. The van der Waals surface area contributed by atoms with Crippen molar-refractivity contribution in [1.82, 2.24) is 10.2 Å². The lowest BCUT2D eigenvalue weighted by atomic mass is 10.0. The van der Waals surface area contributed by atoms with E-state index >= 15 is 0 Å². The van der Waals surface area contributed by atoms with Gasteiger partial charge in [-0.25, -0.2) is 0 Å². The van der Waals surface area contributed by atoms with Gasteiger partial charge in [0.15, 0.2) is 0 Å². The molecule has 1 heterocycles. The van der Waals surface area contributed by atoms with Crippen molar-refractivity contribution < 1.29 is 9.84 Å². The molecular weight excluding hydrogens is 324 g/mol. The van der Waals surface area contributed by atoms with Gasteiger partial charge in [0.2, 0.25) is 0 Å². The number of aliphatic hydroxyl groups is 1. The Morgan fingerprint density at radius 2 is 1.88 bits per heavy atom. The number of aryl methyl sites for hydroxylation is 1. The first-order chi connectivity index (χ1) is 12.7. The van der Waals surface area contributed by atoms with Crippen LogP contribution in [0.5, 0.6) is 5.75 Å². The molecule has 2 aromatic rings. The number of rotatable bonds is 8. The second-order valence-electron chi connectivity index (χ2n) is 7.23. The first-order valence-electron chi connectivity index (χ1n) is 9.56. The minimum atomic E-state index is -0.488. The predicted octanol–water partition coefficient (Wildman–Crippen LogP) is 2.99. The Balaban J connectivity index is 1.32. The number of hydrogen-bond acceptors (Lipinski definition) is 4. The third kappa shape index (κ3) is 6.13. The van der Waals surface area contributed by atoms with Gasteiger partial charge in [-0.3, -0.25) is 4.90 Å². The number of aliphatic hydroxyl groups excluding tert-OH is 1. The number of piperidine rings is 1. The summed E-state index contributed by atoms with van der Waals surface area (Å²) in [7, 11) is 0. The Morgan fingerprint density at radius 1 is 1.12 bits per heavy atom. The van der Waals surface area contributed by atoms with Crippen molar-refractivity contribution in [3.8, 4) is 5.75 Å². The fourth-order valence-corrected chi connectivity index (χ4v) is 3.40. The third-order valence-corrected chi connectivity index (χ3v) is 4.91. The topological polar surface area (TPSA) is 44.7 Å². The summed E-state index contributed by atoms with van der Waals surface area (Å²) in [6, 6.07) is 19.0. The van der Waals surface area contributed by atoms with Crippen LogP contribution in [0, 0.1) is 6.92 Å². The Morgan fingerprint density at radius 3 is 2.62 bits per heavy atom. The molecule has 2 aromatic carbocycles. The molecule has 4 heteroatoms. The average molecular weight is 354 g/mol. The molecule has 1 aliphatic heterocycles. The average Bonchev–Trinajstić information content (AvgIpc) is 2.67. The highest BCUT2D eigenvalue weighted by molar-refractivity contribution is 5.27. The summed E-state index contributed by atoms with van der Waals surface area (Å²) in [5, 5.41) is 13.7. The van der Waals surface area contributed by atoms with Gasteiger partial charge in [-0.2, -0.15) is 0 Å². The van der Waals surface area contributed by atoms with Gasteiger partial charge in [0, 0.05) is 19.1 Å². The number of benzene rings is 2. The van der Waals surface area contributed by atoms with Crippen LogP contribution >= 0.6 is 0 Å². The molecule has 26 heavy (non-hydrogen) atoms. The van der Waals surface area contributed by atoms with Gasteiger partial charge < -0.3 is 15.2 Å². The van der Waals surface area contributed by atoms with Crippen LogP contribution in [0.3, 0.4) is 0 Å². The van der Waals surface area contributed by atoms with E-state index in [1.807, 2.05) is 31.2 Å². The van der Waals surface area contributed by atoms with E-state index in [2.05, 4.69) is 40.5 Å². The lowest BCUT2D eigenvalue weighted by Crippen LogP contribution is -2.45. The summed E-state index contributed by atoms with van der Waals surface area (Å²) < 4.78 is 5.67. The van der Waals surface area contributed by atoms with E-state index in [4.69, 9.17) is 4.74 Å². The molecule has 2 N–H and O–H groups in total. The maximum absolute atomic E-state index is 10.2. The molecule has 0 saturated carbocycles. The first kappa shape index (κ1) is 18.9.